The number of benzene rings is 1. The predicted octanol–water partition coefficient (Wildman–Crippen LogP) is 1.63. The van der Waals surface area contributed by atoms with Gasteiger partial charge in [0.15, 0.2) is 0 Å². The van der Waals surface area contributed by atoms with Crippen LogP contribution in [0.5, 0.6) is 5.75 Å². The summed E-state index contributed by atoms with van der Waals surface area (Å²) in [5, 5.41) is 8.98. The molecule has 0 saturated carbocycles. The summed E-state index contributed by atoms with van der Waals surface area (Å²) in [7, 11) is 1.70. The van der Waals surface area contributed by atoms with E-state index < -0.39 is 0 Å². The highest BCUT2D eigenvalue weighted by molar-refractivity contribution is 5.27. The molecule has 0 aliphatic carbocycles. The zero-order valence-electron chi connectivity index (χ0n) is 13.3. The summed E-state index contributed by atoms with van der Waals surface area (Å²) >= 11 is 0. The lowest BCUT2D eigenvalue weighted by Crippen LogP contribution is -2.50. The van der Waals surface area contributed by atoms with E-state index in [1.165, 1.54) is 12.0 Å². The maximum Gasteiger partial charge on any atom is 0.118 e. The van der Waals surface area contributed by atoms with Crippen LogP contribution < -0.4 is 4.74 Å². The largest absolute Gasteiger partial charge is 0.497 e. The van der Waals surface area contributed by atoms with Gasteiger partial charge in [-0.25, -0.2) is 0 Å². The summed E-state index contributed by atoms with van der Waals surface area (Å²) in [6.45, 7) is 7.79. The smallest absolute Gasteiger partial charge is 0.118 e. The molecule has 4 heteroatoms. The van der Waals surface area contributed by atoms with Crippen molar-refractivity contribution in [2.24, 2.45) is 0 Å². The number of β-amino-alcohol motifs (C(OH)–C–C–N with tert-alkyl or cyclic N) is 1. The molecule has 1 aromatic carbocycles. The average molecular weight is 292 g/mol. The highest BCUT2D eigenvalue weighted by atomic mass is 16.5. The minimum absolute atomic E-state index is 0.271. The Balaban J connectivity index is 1.73. The highest BCUT2D eigenvalue weighted by Crippen LogP contribution is 2.15. The number of aliphatic hydroxyl groups excluding tert-OH is 1. The van der Waals surface area contributed by atoms with E-state index in [9.17, 15) is 0 Å². The first kappa shape index (κ1) is 16.3. The van der Waals surface area contributed by atoms with Gasteiger partial charge < -0.3 is 9.84 Å². The molecular formula is C17H28N2O2. The summed E-state index contributed by atoms with van der Waals surface area (Å²) in [6, 6.07) is 9.00. The first-order valence-electron chi connectivity index (χ1n) is 7.93. The van der Waals surface area contributed by atoms with E-state index in [1.54, 1.807) is 7.11 Å². The third kappa shape index (κ3) is 4.99. The van der Waals surface area contributed by atoms with Gasteiger partial charge in [-0.15, -0.1) is 0 Å². The summed E-state index contributed by atoms with van der Waals surface area (Å²) in [6.07, 6.45) is 2.30. The van der Waals surface area contributed by atoms with E-state index in [0.717, 1.165) is 44.9 Å². The molecule has 0 bridgehead atoms. The second kappa shape index (κ2) is 8.37. The fourth-order valence-electron chi connectivity index (χ4n) is 2.92. The van der Waals surface area contributed by atoms with Crippen molar-refractivity contribution in [1.82, 2.24) is 9.80 Å². The van der Waals surface area contributed by atoms with Crippen LogP contribution in [0, 0.1) is 0 Å². The van der Waals surface area contributed by atoms with Gasteiger partial charge in [0.05, 0.1) is 13.7 Å². The van der Waals surface area contributed by atoms with Crippen molar-refractivity contribution < 1.29 is 9.84 Å². The zero-order valence-corrected chi connectivity index (χ0v) is 13.3. The second-order valence-corrected chi connectivity index (χ2v) is 5.84. The minimum Gasteiger partial charge on any atom is -0.497 e. The van der Waals surface area contributed by atoms with Gasteiger partial charge in [-0.2, -0.15) is 0 Å². The maximum absolute atomic E-state index is 8.98. The van der Waals surface area contributed by atoms with Crippen LogP contribution in [0.3, 0.4) is 0 Å². The predicted molar refractivity (Wildman–Crippen MR) is 85.9 cm³/mol. The lowest BCUT2D eigenvalue weighted by molar-refractivity contribution is 0.0862. The topological polar surface area (TPSA) is 35.9 Å². The van der Waals surface area contributed by atoms with E-state index in [2.05, 4.69) is 28.9 Å². The maximum atomic E-state index is 8.98. The second-order valence-electron chi connectivity index (χ2n) is 5.84. The van der Waals surface area contributed by atoms with Gasteiger partial charge in [0.25, 0.3) is 0 Å². The molecule has 0 aromatic heterocycles. The molecule has 1 aliphatic rings. The number of rotatable bonds is 7. The number of piperazine rings is 1. The molecule has 118 valence electrons. The normalized spacial score (nSPS) is 18.6. The Morgan fingerprint density at radius 2 is 1.81 bits per heavy atom. The van der Waals surface area contributed by atoms with Crippen molar-refractivity contribution >= 4 is 0 Å². The van der Waals surface area contributed by atoms with Crippen LogP contribution in [0.15, 0.2) is 24.3 Å². The molecule has 0 radical (unpaired) electrons. The lowest BCUT2D eigenvalue weighted by Gasteiger charge is -2.38. The first-order chi connectivity index (χ1) is 10.2. The van der Waals surface area contributed by atoms with Crippen molar-refractivity contribution in [3.05, 3.63) is 29.8 Å². The molecule has 1 unspecified atom stereocenters. The van der Waals surface area contributed by atoms with Gasteiger partial charge in [0.1, 0.15) is 5.75 Å². The number of hydrogen-bond acceptors (Lipinski definition) is 4. The fourth-order valence-corrected chi connectivity index (χ4v) is 2.92. The summed E-state index contributed by atoms with van der Waals surface area (Å²) in [4.78, 5) is 4.91. The quantitative estimate of drug-likeness (QED) is 0.828. The van der Waals surface area contributed by atoms with Crippen LogP contribution in [-0.2, 0) is 6.42 Å². The summed E-state index contributed by atoms with van der Waals surface area (Å²) in [5.74, 6) is 0.923. The Kier molecular flexibility index (Phi) is 6.49. The monoisotopic (exact) mass is 292 g/mol. The summed E-state index contributed by atoms with van der Waals surface area (Å²) < 4.78 is 5.19. The molecule has 1 heterocycles. The van der Waals surface area contributed by atoms with Crippen LogP contribution in [0.2, 0.25) is 0 Å². The molecule has 1 aromatic rings. The Hall–Kier alpha value is -1.10. The molecule has 1 fully saturated rings. The van der Waals surface area contributed by atoms with Crippen LogP contribution in [0.1, 0.15) is 18.9 Å². The van der Waals surface area contributed by atoms with Gasteiger partial charge in [-0.05, 0) is 37.5 Å². The van der Waals surface area contributed by atoms with Gasteiger partial charge in [-0.1, -0.05) is 12.1 Å². The number of methoxy groups -OCH3 is 1. The SMILES string of the molecule is COc1ccc(CCC(C)N2CCN(CCO)CC2)cc1. The molecule has 1 saturated heterocycles. The number of aliphatic hydroxyl groups is 1. The fraction of sp³-hybridized carbons (Fsp3) is 0.647. The molecule has 1 aliphatic heterocycles. The van der Waals surface area contributed by atoms with Crippen molar-refractivity contribution in [2.45, 2.75) is 25.8 Å². The van der Waals surface area contributed by atoms with E-state index in [4.69, 9.17) is 9.84 Å². The van der Waals surface area contributed by atoms with Crippen LogP contribution in [0.4, 0.5) is 0 Å². The third-order valence-corrected chi connectivity index (χ3v) is 4.46. The molecule has 1 atom stereocenters. The average Bonchev–Trinajstić information content (AvgIpc) is 2.54. The van der Waals surface area contributed by atoms with Crippen molar-refractivity contribution in [2.75, 3.05) is 46.4 Å². The standard InChI is InChI=1S/C17H28N2O2/c1-15(19-11-9-18(10-12-19)13-14-20)3-4-16-5-7-17(21-2)8-6-16/h5-8,15,20H,3-4,9-14H2,1-2H3. The van der Waals surface area contributed by atoms with Gasteiger partial charge >= 0.3 is 0 Å². The molecule has 4 nitrogen and oxygen atoms in total. The number of nitrogens with zero attached hydrogens (tertiary/aromatic N) is 2. The van der Waals surface area contributed by atoms with E-state index >= 15 is 0 Å². The van der Waals surface area contributed by atoms with Crippen LogP contribution in [0.25, 0.3) is 0 Å². The number of ether oxygens (including phenoxy) is 1. The Labute approximate surface area is 128 Å². The lowest BCUT2D eigenvalue weighted by atomic mass is 10.0. The summed E-state index contributed by atoms with van der Waals surface area (Å²) in [5.41, 5.74) is 1.38. The van der Waals surface area contributed by atoms with E-state index in [-0.39, 0.29) is 6.61 Å². The van der Waals surface area contributed by atoms with Crippen LogP contribution in [-0.4, -0.2) is 67.4 Å². The van der Waals surface area contributed by atoms with Crippen molar-refractivity contribution in [3.63, 3.8) is 0 Å². The molecule has 0 spiro atoms. The number of aryl methyl sites for hydroxylation is 1. The van der Waals surface area contributed by atoms with Gasteiger partial charge in [-0.3, -0.25) is 9.80 Å². The van der Waals surface area contributed by atoms with Crippen LogP contribution >= 0.6 is 0 Å². The van der Waals surface area contributed by atoms with Crippen molar-refractivity contribution in [3.8, 4) is 5.75 Å². The molecule has 21 heavy (non-hydrogen) atoms. The Morgan fingerprint density at radius 3 is 2.38 bits per heavy atom. The third-order valence-electron chi connectivity index (χ3n) is 4.46. The molecule has 2 rings (SSSR count). The number of hydrogen-bond donors (Lipinski definition) is 1. The Morgan fingerprint density at radius 1 is 1.14 bits per heavy atom. The first-order valence-corrected chi connectivity index (χ1v) is 7.93. The minimum atomic E-state index is 0.271. The molecule has 0 amide bonds. The van der Waals surface area contributed by atoms with E-state index in [1.807, 2.05) is 12.1 Å². The Bertz CT molecular complexity index is 400. The van der Waals surface area contributed by atoms with Gasteiger partial charge in [0.2, 0.25) is 0 Å². The molecular weight excluding hydrogens is 264 g/mol. The molecule has 1 N–H and O–H groups in total. The van der Waals surface area contributed by atoms with Gasteiger partial charge in [0, 0.05) is 38.8 Å². The highest BCUT2D eigenvalue weighted by Gasteiger charge is 2.20. The van der Waals surface area contributed by atoms with E-state index in [0.29, 0.717) is 6.04 Å². The van der Waals surface area contributed by atoms with Crippen molar-refractivity contribution in [1.29, 1.82) is 0 Å². The zero-order chi connectivity index (χ0) is 15.1.